The molecule has 186 valence electrons. The molecular formula is C29H33N5O2. The average Bonchev–Trinajstić information content (AvgIpc) is 3.19. The number of benzene rings is 2. The molecule has 1 fully saturated rings. The fourth-order valence-corrected chi connectivity index (χ4v) is 5.39. The zero-order valence-corrected chi connectivity index (χ0v) is 20.5. The van der Waals surface area contributed by atoms with E-state index in [0.29, 0.717) is 19.6 Å². The predicted octanol–water partition coefficient (Wildman–Crippen LogP) is 3.67. The first-order valence-electron chi connectivity index (χ1n) is 12.7. The molecule has 2 aliphatic heterocycles. The number of para-hydroxylation sites is 1. The average molecular weight is 484 g/mol. The minimum atomic E-state index is -1.09. The highest BCUT2D eigenvalue weighted by molar-refractivity contribution is 6.09. The highest BCUT2D eigenvalue weighted by Gasteiger charge is 2.51. The topological polar surface area (TPSA) is 91.0 Å². The first-order chi connectivity index (χ1) is 17.6. The summed E-state index contributed by atoms with van der Waals surface area (Å²) in [6, 6.07) is 19.5. The van der Waals surface area contributed by atoms with Crippen molar-refractivity contribution >= 4 is 23.5 Å². The van der Waals surface area contributed by atoms with E-state index in [2.05, 4.69) is 11.4 Å². The molecule has 2 heterocycles. The lowest BCUT2D eigenvalue weighted by Crippen LogP contribution is -2.48. The van der Waals surface area contributed by atoms with Gasteiger partial charge >= 0.3 is 0 Å². The molecular weight excluding hydrogens is 450 g/mol. The fraction of sp³-hybridized carbons (Fsp3) is 0.345. The van der Waals surface area contributed by atoms with E-state index in [0.717, 1.165) is 42.5 Å². The minimum Gasteiger partial charge on any atom is -0.376 e. The van der Waals surface area contributed by atoms with Gasteiger partial charge in [0.25, 0.3) is 5.91 Å². The number of carbonyl (C=O) groups is 2. The van der Waals surface area contributed by atoms with E-state index in [4.69, 9.17) is 10.7 Å². The van der Waals surface area contributed by atoms with Crippen LogP contribution >= 0.6 is 0 Å². The van der Waals surface area contributed by atoms with E-state index >= 15 is 0 Å². The van der Waals surface area contributed by atoms with E-state index in [1.165, 1.54) is 0 Å². The lowest BCUT2D eigenvalue weighted by Gasteiger charge is -2.35. The third-order valence-corrected chi connectivity index (χ3v) is 7.41. The van der Waals surface area contributed by atoms with E-state index in [1.807, 2.05) is 77.7 Å². The van der Waals surface area contributed by atoms with Gasteiger partial charge in [-0.1, -0.05) is 66.8 Å². The summed E-state index contributed by atoms with van der Waals surface area (Å²) >= 11 is 0. The van der Waals surface area contributed by atoms with Crippen molar-refractivity contribution in [3.8, 4) is 0 Å². The summed E-state index contributed by atoms with van der Waals surface area (Å²) in [6.07, 6.45) is 9.45. The van der Waals surface area contributed by atoms with Crippen LogP contribution in [-0.4, -0.2) is 53.8 Å². The van der Waals surface area contributed by atoms with Gasteiger partial charge in [-0.05, 0) is 54.9 Å². The molecule has 0 spiro atoms. The number of allylic oxidation sites excluding steroid dienone is 3. The van der Waals surface area contributed by atoms with Crippen LogP contribution in [-0.2, 0) is 15.1 Å². The van der Waals surface area contributed by atoms with Gasteiger partial charge in [-0.3, -0.25) is 14.5 Å². The second kappa shape index (κ2) is 10.4. The fourth-order valence-electron chi connectivity index (χ4n) is 5.39. The molecule has 0 radical (unpaired) electrons. The van der Waals surface area contributed by atoms with Crippen LogP contribution < -0.4 is 11.1 Å². The standard InChI is InChI=1S/C29H33N5O2/c30-28-32-29(23-10-4-1-5-11-23,24-12-6-2-7-13-24)27(36)34(28)21-22-16-18-33(19-17-22)26(35)20-31-25-14-8-3-9-15-25/h1-6,8-12,14-15,22,31H,7,13,16-21H2,(H2,30,32). The van der Waals surface area contributed by atoms with Gasteiger partial charge in [0.2, 0.25) is 5.91 Å². The van der Waals surface area contributed by atoms with Crippen molar-refractivity contribution in [2.45, 2.75) is 31.2 Å². The van der Waals surface area contributed by atoms with Gasteiger partial charge in [0, 0.05) is 25.3 Å². The van der Waals surface area contributed by atoms with Crippen LogP contribution in [0.15, 0.2) is 89.5 Å². The van der Waals surface area contributed by atoms with Gasteiger partial charge in [-0.25, -0.2) is 4.99 Å². The molecule has 1 aliphatic carbocycles. The summed E-state index contributed by atoms with van der Waals surface area (Å²) in [7, 11) is 0. The Kier molecular flexibility index (Phi) is 6.89. The third kappa shape index (κ3) is 4.65. The Morgan fingerprint density at radius 1 is 1.06 bits per heavy atom. The molecule has 3 N–H and O–H groups in total. The van der Waals surface area contributed by atoms with Gasteiger partial charge in [0.05, 0.1) is 6.54 Å². The molecule has 7 heteroatoms. The molecule has 0 bridgehead atoms. The summed E-state index contributed by atoms with van der Waals surface area (Å²) in [5.41, 5.74) is 8.10. The monoisotopic (exact) mass is 483 g/mol. The molecule has 0 saturated carbocycles. The van der Waals surface area contributed by atoms with Crippen molar-refractivity contribution in [3.63, 3.8) is 0 Å². The van der Waals surface area contributed by atoms with Crippen LogP contribution in [0, 0.1) is 5.92 Å². The normalized spacial score (nSPS) is 22.4. The highest BCUT2D eigenvalue weighted by Crippen LogP contribution is 2.43. The van der Waals surface area contributed by atoms with E-state index < -0.39 is 5.54 Å². The smallest absolute Gasteiger partial charge is 0.266 e. The largest absolute Gasteiger partial charge is 0.376 e. The van der Waals surface area contributed by atoms with E-state index in [-0.39, 0.29) is 30.2 Å². The van der Waals surface area contributed by atoms with Gasteiger partial charge in [-0.2, -0.15) is 0 Å². The first-order valence-corrected chi connectivity index (χ1v) is 12.7. The number of carbonyl (C=O) groups excluding carboxylic acids is 2. The molecule has 2 aromatic carbocycles. The molecule has 3 aliphatic rings. The summed E-state index contributed by atoms with van der Waals surface area (Å²) in [6.45, 7) is 2.16. The molecule has 5 rings (SSSR count). The summed E-state index contributed by atoms with van der Waals surface area (Å²) in [4.78, 5) is 35.1. The Morgan fingerprint density at radius 2 is 1.75 bits per heavy atom. The van der Waals surface area contributed by atoms with Crippen molar-refractivity contribution in [3.05, 3.63) is 90.0 Å². The number of piperidine rings is 1. The number of nitrogens with zero attached hydrogens (tertiary/aromatic N) is 3. The van der Waals surface area contributed by atoms with Crippen LogP contribution in [0.5, 0.6) is 0 Å². The Morgan fingerprint density at radius 3 is 2.42 bits per heavy atom. The van der Waals surface area contributed by atoms with Gasteiger partial charge in [-0.15, -0.1) is 0 Å². The summed E-state index contributed by atoms with van der Waals surface area (Å²) in [5.74, 6) is 0.569. The minimum absolute atomic E-state index is 0.0710. The number of likely N-dealkylation sites (tertiary alicyclic amines) is 1. The Bertz CT molecular complexity index is 1180. The third-order valence-electron chi connectivity index (χ3n) is 7.41. The maximum absolute atomic E-state index is 14.0. The number of nitrogens with two attached hydrogens (primary N) is 1. The predicted molar refractivity (Wildman–Crippen MR) is 142 cm³/mol. The number of guanidine groups is 1. The molecule has 1 atom stereocenters. The van der Waals surface area contributed by atoms with Crippen molar-refractivity contribution in [1.29, 1.82) is 0 Å². The van der Waals surface area contributed by atoms with Crippen molar-refractivity contribution in [2.24, 2.45) is 16.6 Å². The van der Waals surface area contributed by atoms with Crippen molar-refractivity contribution in [1.82, 2.24) is 9.80 Å². The van der Waals surface area contributed by atoms with E-state index in [1.54, 1.807) is 4.90 Å². The SMILES string of the molecule is NC1=NC(C2=CC=CCC2)(c2ccccc2)C(=O)N1CC1CCN(C(=O)CNc2ccccc2)CC1. The van der Waals surface area contributed by atoms with Crippen LogP contribution in [0.1, 0.15) is 31.2 Å². The molecule has 1 saturated heterocycles. The van der Waals surface area contributed by atoms with Gasteiger partial charge in [0.1, 0.15) is 0 Å². The Labute approximate surface area is 212 Å². The molecule has 2 amide bonds. The summed E-state index contributed by atoms with van der Waals surface area (Å²) < 4.78 is 0. The number of rotatable bonds is 7. The zero-order valence-electron chi connectivity index (χ0n) is 20.5. The Hall–Kier alpha value is -3.87. The maximum atomic E-state index is 14.0. The van der Waals surface area contributed by atoms with Crippen molar-refractivity contribution in [2.75, 3.05) is 31.5 Å². The van der Waals surface area contributed by atoms with Crippen LogP contribution in [0.4, 0.5) is 5.69 Å². The summed E-state index contributed by atoms with van der Waals surface area (Å²) in [5, 5.41) is 3.19. The number of aliphatic imine (C=N–C) groups is 1. The lowest BCUT2D eigenvalue weighted by molar-refractivity contribution is -0.133. The number of nitrogens with one attached hydrogen (secondary N) is 1. The number of hydrogen-bond donors (Lipinski definition) is 2. The zero-order chi connectivity index (χ0) is 25.0. The first kappa shape index (κ1) is 23.9. The molecule has 2 aromatic rings. The lowest BCUT2D eigenvalue weighted by atomic mass is 9.79. The second-order valence-electron chi connectivity index (χ2n) is 9.66. The van der Waals surface area contributed by atoms with Gasteiger partial charge < -0.3 is 16.0 Å². The van der Waals surface area contributed by atoms with E-state index in [9.17, 15) is 9.59 Å². The molecule has 36 heavy (non-hydrogen) atoms. The highest BCUT2D eigenvalue weighted by atomic mass is 16.2. The number of hydrogen-bond acceptors (Lipinski definition) is 5. The van der Waals surface area contributed by atoms with Crippen LogP contribution in [0.3, 0.4) is 0 Å². The van der Waals surface area contributed by atoms with Gasteiger partial charge in [0.15, 0.2) is 11.5 Å². The number of anilines is 1. The molecule has 0 aromatic heterocycles. The maximum Gasteiger partial charge on any atom is 0.266 e. The number of amides is 2. The second-order valence-corrected chi connectivity index (χ2v) is 9.66. The molecule has 1 unspecified atom stereocenters. The van der Waals surface area contributed by atoms with Crippen molar-refractivity contribution < 1.29 is 9.59 Å². The molecule has 7 nitrogen and oxygen atoms in total. The van der Waals surface area contributed by atoms with Crippen LogP contribution in [0.25, 0.3) is 0 Å². The quantitative estimate of drug-likeness (QED) is 0.629. The Balaban J connectivity index is 1.23. The van der Waals surface area contributed by atoms with Crippen LogP contribution in [0.2, 0.25) is 0 Å².